The summed E-state index contributed by atoms with van der Waals surface area (Å²) in [7, 11) is 6.60. The number of halogens is 1. The summed E-state index contributed by atoms with van der Waals surface area (Å²) in [5, 5.41) is 7.76. The van der Waals surface area contributed by atoms with Crippen molar-refractivity contribution in [1.82, 2.24) is 0 Å². The molecule has 106 valence electrons. The largest absolute Gasteiger partial charge is 1.00 e. The first-order chi connectivity index (χ1) is 8.26. The van der Waals surface area contributed by atoms with Crippen LogP contribution in [0.15, 0.2) is 43.0 Å². The Morgan fingerprint density at radius 2 is 1.68 bits per heavy atom. The Kier molecular flexibility index (Phi) is 9.64. The van der Waals surface area contributed by atoms with Crippen LogP contribution < -0.4 is 12.4 Å². The van der Waals surface area contributed by atoms with E-state index < -0.39 is 11.8 Å². The van der Waals surface area contributed by atoms with Crippen LogP contribution in [0.1, 0.15) is 5.56 Å². The number of quaternary nitrogens is 1. The molecule has 0 heterocycles. The predicted molar refractivity (Wildman–Crippen MR) is 71.0 cm³/mol. The van der Waals surface area contributed by atoms with Crippen molar-refractivity contribution in [2.24, 2.45) is 0 Å². The highest BCUT2D eigenvalue weighted by molar-refractivity contribution is 6.37. The van der Waals surface area contributed by atoms with Crippen molar-refractivity contribution in [1.29, 1.82) is 0 Å². The minimum absolute atomic E-state index is 0. The summed E-state index contributed by atoms with van der Waals surface area (Å²) < 4.78 is 0.990. The Bertz CT molecular complexity index is 410. The van der Waals surface area contributed by atoms with Crippen molar-refractivity contribution in [3.8, 4) is 0 Å². The van der Waals surface area contributed by atoms with Crippen molar-refractivity contribution >= 4 is 11.8 Å². The van der Waals surface area contributed by atoms with Crippen molar-refractivity contribution < 1.29 is 31.6 Å². The third-order valence-corrected chi connectivity index (χ3v) is 1.90. The van der Waals surface area contributed by atoms with Gasteiger partial charge >= 0.3 is 5.97 Å². The van der Waals surface area contributed by atoms with E-state index in [1.165, 1.54) is 5.56 Å². The molecule has 0 unspecified atom stereocenters. The maximum absolute atomic E-state index is 9.79. The molecule has 0 aromatic heterocycles. The average molecular weight is 286 g/mol. The number of aliphatic carboxylic acids is 1. The number of benzene rings is 1. The van der Waals surface area contributed by atoms with Crippen LogP contribution in [0, 0.1) is 0 Å². The summed E-state index contributed by atoms with van der Waals surface area (Å²) in [4.78, 5) is 19.3. The van der Waals surface area contributed by atoms with E-state index in [1.54, 1.807) is 0 Å². The molecule has 0 spiro atoms. The van der Waals surface area contributed by atoms with Gasteiger partial charge in [-0.15, -0.1) is 0 Å². The lowest BCUT2D eigenvalue weighted by Gasteiger charge is -2.23. The molecule has 19 heavy (non-hydrogen) atoms. The minimum atomic E-state index is -1.46. The van der Waals surface area contributed by atoms with Gasteiger partial charge in [-0.05, 0) is 6.08 Å². The molecular weight excluding hydrogens is 266 g/mol. The molecule has 0 aliphatic heterocycles. The number of rotatable bonds is 4. The van der Waals surface area contributed by atoms with Crippen LogP contribution in [0.2, 0.25) is 0 Å². The second-order valence-corrected chi connectivity index (χ2v) is 4.81. The highest BCUT2D eigenvalue weighted by atomic mass is 35.5. The number of carboxylic acids is 1. The highest BCUT2D eigenvalue weighted by Gasteiger charge is 2.06. The van der Waals surface area contributed by atoms with Gasteiger partial charge in [0, 0.05) is 5.56 Å². The summed E-state index contributed by atoms with van der Waals surface area (Å²) in [6.45, 7) is 4.05. The van der Waals surface area contributed by atoms with Crippen LogP contribution in [0.3, 0.4) is 0 Å². The Hall–Kier alpha value is -1.65. The fraction of sp³-hybridized carbons (Fsp3) is 0.286. The summed E-state index contributed by atoms with van der Waals surface area (Å²) in [6.07, 6.45) is 0.752. The van der Waals surface area contributed by atoms with Gasteiger partial charge < -0.3 is 22.0 Å². The Labute approximate surface area is 120 Å². The van der Waals surface area contributed by atoms with Crippen molar-refractivity contribution in [3.63, 3.8) is 0 Å². The maximum atomic E-state index is 9.79. The number of carboxylic acid groups (broad SMARTS) is 1. The average Bonchev–Trinajstić information content (AvgIpc) is 2.27. The molecule has 0 aliphatic rings. The van der Waals surface area contributed by atoms with Gasteiger partial charge in [-0.25, -0.2) is 4.79 Å². The fourth-order valence-electron chi connectivity index (χ4n) is 1.22. The normalized spacial score (nSPS) is 9.42. The van der Waals surface area contributed by atoms with Crippen molar-refractivity contribution in [2.45, 2.75) is 6.54 Å². The Morgan fingerprint density at radius 1 is 1.21 bits per heavy atom. The number of carbonyl (C=O) groups excluding carboxylic acids is 1. The van der Waals surface area contributed by atoms with Crippen LogP contribution in [-0.2, 0) is 16.1 Å². The van der Waals surface area contributed by atoms with Crippen LogP contribution >= 0.6 is 0 Å². The summed E-state index contributed by atoms with van der Waals surface area (Å²) in [5.41, 5.74) is 1.40. The summed E-state index contributed by atoms with van der Waals surface area (Å²) in [6, 6.07) is 10.6. The molecule has 5 heteroatoms. The molecule has 0 bridgehead atoms. The lowest BCUT2D eigenvalue weighted by atomic mass is 10.2. The molecule has 0 radical (unpaired) electrons. The molecule has 0 saturated heterocycles. The number of nitrogens with zero attached hydrogens (tertiary/aromatic N) is 1. The first-order valence-corrected chi connectivity index (χ1v) is 5.50. The quantitative estimate of drug-likeness (QED) is 0.426. The van der Waals surface area contributed by atoms with E-state index in [0.717, 1.165) is 17.1 Å². The van der Waals surface area contributed by atoms with Gasteiger partial charge in [0.2, 0.25) is 0 Å². The van der Waals surface area contributed by atoms with E-state index in [-0.39, 0.29) is 12.4 Å². The van der Waals surface area contributed by atoms with Crippen molar-refractivity contribution in [2.75, 3.05) is 21.1 Å². The molecule has 0 atom stereocenters. The van der Waals surface area contributed by atoms with Gasteiger partial charge in [0.05, 0.1) is 21.1 Å². The van der Waals surface area contributed by atoms with Gasteiger partial charge in [-0.1, -0.05) is 36.9 Å². The standard InChI is InChI=1S/C10H16N.C4H4O3.ClH/c1-11(2,3)9-10-7-5-4-6-8-10;1-2-3(5)4(6)7;/h4-8H,9H2,1-3H3;2H,1H2,(H,6,7);1H/q+1;;/p-1. The number of hydrogen-bond donors (Lipinski definition) is 1. The van der Waals surface area contributed by atoms with E-state index in [1.807, 2.05) is 0 Å². The second kappa shape index (κ2) is 9.30. The van der Waals surface area contributed by atoms with Gasteiger partial charge in [-0.2, -0.15) is 0 Å². The van der Waals surface area contributed by atoms with Gasteiger partial charge in [0.25, 0.3) is 5.78 Å². The SMILES string of the molecule is C=CC(=O)C(=O)O.C[N+](C)(C)Cc1ccccc1.[Cl-]. The van der Waals surface area contributed by atoms with E-state index >= 15 is 0 Å². The van der Waals surface area contributed by atoms with Crippen LogP contribution in [0.4, 0.5) is 0 Å². The molecule has 0 saturated carbocycles. The molecule has 1 aromatic rings. The van der Waals surface area contributed by atoms with E-state index in [4.69, 9.17) is 5.11 Å². The first kappa shape index (κ1) is 19.7. The molecule has 0 fully saturated rings. The lowest BCUT2D eigenvalue weighted by molar-refractivity contribution is -0.884. The molecule has 4 nitrogen and oxygen atoms in total. The van der Waals surface area contributed by atoms with E-state index in [2.05, 4.69) is 58.1 Å². The minimum Gasteiger partial charge on any atom is -1.00 e. The molecule has 0 amide bonds. The van der Waals surface area contributed by atoms with Crippen LogP contribution in [0.5, 0.6) is 0 Å². The third kappa shape index (κ3) is 11.2. The highest BCUT2D eigenvalue weighted by Crippen LogP contribution is 2.05. The zero-order valence-electron chi connectivity index (χ0n) is 11.5. The number of ketones is 1. The van der Waals surface area contributed by atoms with Crippen LogP contribution in [-0.4, -0.2) is 42.5 Å². The zero-order valence-corrected chi connectivity index (χ0v) is 12.2. The molecule has 1 rings (SSSR count). The molecular formula is C14H20ClNO3. The summed E-state index contributed by atoms with van der Waals surface area (Å²) >= 11 is 0. The van der Waals surface area contributed by atoms with E-state index in [9.17, 15) is 9.59 Å². The first-order valence-electron chi connectivity index (χ1n) is 5.50. The number of hydrogen-bond acceptors (Lipinski definition) is 2. The van der Waals surface area contributed by atoms with Gasteiger partial charge in [-0.3, -0.25) is 4.79 Å². The van der Waals surface area contributed by atoms with Gasteiger partial charge in [0.15, 0.2) is 0 Å². The molecule has 0 aliphatic carbocycles. The third-order valence-electron chi connectivity index (χ3n) is 1.90. The van der Waals surface area contributed by atoms with Gasteiger partial charge in [0.1, 0.15) is 6.54 Å². The fourth-order valence-corrected chi connectivity index (χ4v) is 1.22. The Balaban J connectivity index is 0. The number of carbonyl (C=O) groups is 2. The lowest BCUT2D eigenvalue weighted by Crippen LogP contribution is -3.00. The smallest absolute Gasteiger partial charge is 0.376 e. The molecule has 1 N–H and O–H groups in total. The zero-order chi connectivity index (χ0) is 14.2. The Morgan fingerprint density at radius 3 is 1.95 bits per heavy atom. The van der Waals surface area contributed by atoms with Crippen LogP contribution in [0.25, 0.3) is 0 Å². The topological polar surface area (TPSA) is 54.4 Å². The van der Waals surface area contributed by atoms with E-state index in [0.29, 0.717) is 0 Å². The monoisotopic (exact) mass is 285 g/mol. The summed E-state index contributed by atoms with van der Waals surface area (Å²) in [5.74, 6) is -2.44. The molecule has 1 aromatic carbocycles. The maximum Gasteiger partial charge on any atom is 0.376 e. The van der Waals surface area contributed by atoms with Crippen molar-refractivity contribution in [3.05, 3.63) is 48.6 Å². The second-order valence-electron chi connectivity index (χ2n) is 4.81. The predicted octanol–water partition coefficient (Wildman–Crippen LogP) is -1.28.